The Hall–Kier alpha value is -3.73. The zero-order valence-corrected chi connectivity index (χ0v) is 31.6. The minimum Gasteiger partial charge on any atom is -0.378 e. The Morgan fingerprint density at radius 2 is 1.63 bits per heavy atom. The van der Waals surface area contributed by atoms with Crippen LogP contribution >= 0.6 is 0 Å². The first-order valence-electron chi connectivity index (χ1n) is 20.2. The highest BCUT2D eigenvalue weighted by molar-refractivity contribution is 5.95. The molecule has 4 saturated carbocycles. The third kappa shape index (κ3) is 6.76. The molecule has 1 aliphatic heterocycles. The van der Waals surface area contributed by atoms with E-state index in [-0.39, 0.29) is 52.7 Å². The van der Waals surface area contributed by atoms with Crippen LogP contribution in [0.3, 0.4) is 0 Å². The van der Waals surface area contributed by atoms with E-state index < -0.39 is 17.6 Å². The second-order valence-electron chi connectivity index (χ2n) is 17.5. The Labute approximate surface area is 315 Å². The van der Waals surface area contributed by atoms with Crippen LogP contribution < -0.4 is 5.56 Å². The summed E-state index contributed by atoms with van der Waals surface area (Å²) in [6.07, 6.45) is 8.59. The fourth-order valence-electron chi connectivity index (χ4n) is 11.7. The maximum absolute atomic E-state index is 15.0. The highest BCUT2D eigenvalue weighted by Crippen LogP contribution is 2.67. The summed E-state index contributed by atoms with van der Waals surface area (Å²) in [6, 6.07) is 11.6. The molecule has 0 bridgehead atoms. The van der Waals surface area contributed by atoms with Gasteiger partial charge in [-0.3, -0.25) is 14.4 Å². The van der Waals surface area contributed by atoms with Gasteiger partial charge in [0.15, 0.2) is 0 Å². The van der Waals surface area contributed by atoms with E-state index >= 15 is 0 Å². The Balaban J connectivity index is 0.803. The number of H-pyrrole nitrogens is 1. The number of aromatic amines is 1. The first-order chi connectivity index (χ1) is 25.9. The van der Waals surface area contributed by atoms with E-state index in [0.717, 1.165) is 38.5 Å². The third-order valence-electron chi connectivity index (χ3n) is 14.7. The van der Waals surface area contributed by atoms with Gasteiger partial charge in [0.2, 0.25) is 11.8 Å². The predicted molar refractivity (Wildman–Crippen MR) is 200 cm³/mol. The van der Waals surface area contributed by atoms with E-state index in [9.17, 15) is 27.6 Å². The van der Waals surface area contributed by atoms with Crippen LogP contribution in [0.2, 0.25) is 0 Å². The Bertz CT molecular complexity index is 1960. The van der Waals surface area contributed by atoms with Crippen molar-refractivity contribution in [3.05, 3.63) is 75.5 Å². The minimum atomic E-state index is -2.50. The molecule has 11 heteroatoms. The van der Waals surface area contributed by atoms with Crippen molar-refractivity contribution in [3.63, 3.8) is 0 Å². The van der Waals surface area contributed by atoms with Crippen molar-refractivity contribution < 1.29 is 27.5 Å². The molecular weight excluding hydrogens is 693 g/mol. The molecule has 54 heavy (non-hydrogen) atoms. The van der Waals surface area contributed by atoms with E-state index in [2.05, 4.69) is 24.0 Å². The van der Waals surface area contributed by atoms with E-state index in [4.69, 9.17) is 4.74 Å². The highest BCUT2D eigenvalue weighted by atomic mass is 19.3. The zero-order valence-electron chi connectivity index (χ0n) is 31.6. The summed E-state index contributed by atoms with van der Waals surface area (Å²) in [5, 5.41) is 7.97. The van der Waals surface area contributed by atoms with Crippen LogP contribution in [0, 0.1) is 40.3 Å². The van der Waals surface area contributed by atoms with E-state index in [1.165, 1.54) is 6.07 Å². The molecule has 2 aromatic carbocycles. The highest BCUT2D eigenvalue weighted by Gasteiger charge is 2.62. The molecule has 2 amide bonds. The Kier molecular flexibility index (Phi) is 9.93. The van der Waals surface area contributed by atoms with Gasteiger partial charge >= 0.3 is 0 Å². The number of carbonyl (C=O) groups is 2. The first kappa shape index (κ1) is 37.2. The van der Waals surface area contributed by atoms with Gasteiger partial charge in [-0.25, -0.2) is 18.3 Å². The maximum Gasteiger partial charge on any atom is 0.272 e. The molecule has 5 aliphatic rings. The number of carbonyl (C=O) groups excluding carboxylic acids is 2. The summed E-state index contributed by atoms with van der Waals surface area (Å²) >= 11 is 0. The number of rotatable bonds is 8. The molecule has 7 atom stereocenters. The number of aromatic nitrogens is 2. The van der Waals surface area contributed by atoms with Crippen LogP contribution in [0.1, 0.15) is 106 Å². The number of benzene rings is 2. The van der Waals surface area contributed by atoms with Gasteiger partial charge in [0.1, 0.15) is 5.82 Å². The summed E-state index contributed by atoms with van der Waals surface area (Å²) in [5.41, 5.74) is 1.16. The van der Waals surface area contributed by atoms with Crippen molar-refractivity contribution in [1.29, 1.82) is 0 Å². The van der Waals surface area contributed by atoms with Crippen molar-refractivity contribution in [3.8, 4) is 0 Å². The second kappa shape index (κ2) is 14.4. The number of fused-ring (bicyclic) bond motifs is 6. The summed E-state index contributed by atoms with van der Waals surface area (Å²) in [7, 11) is 0. The van der Waals surface area contributed by atoms with Gasteiger partial charge in [-0.1, -0.05) is 38.1 Å². The fraction of sp³-hybridized carbons (Fsp3) is 0.628. The molecule has 1 N–H and O–H groups in total. The van der Waals surface area contributed by atoms with Gasteiger partial charge in [0, 0.05) is 63.9 Å². The molecule has 5 fully saturated rings. The van der Waals surface area contributed by atoms with Gasteiger partial charge in [0.05, 0.1) is 22.7 Å². The molecule has 1 unspecified atom stereocenters. The number of amides is 2. The topological polar surface area (TPSA) is 95.6 Å². The molecule has 3 aromatic rings. The van der Waals surface area contributed by atoms with E-state index in [1.54, 1.807) is 34.1 Å². The zero-order chi connectivity index (χ0) is 37.8. The maximum atomic E-state index is 15.0. The molecule has 1 saturated heterocycles. The number of hydrogen-bond donors (Lipinski definition) is 1. The average Bonchev–Trinajstić information content (AvgIpc) is 3.51. The number of piperazine rings is 1. The minimum absolute atomic E-state index is 0.0185. The van der Waals surface area contributed by atoms with Gasteiger partial charge in [0.25, 0.3) is 11.5 Å². The lowest BCUT2D eigenvalue weighted by atomic mass is 9.45. The monoisotopic (exact) mass is 746 g/mol. The molecule has 2 heterocycles. The van der Waals surface area contributed by atoms with Crippen molar-refractivity contribution in [2.24, 2.45) is 34.5 Å². The van der Waals surface area contributed by atoms with Crippen molar-refractivity contribution >= 4 is 22.6 Å². The molecule has 0 radical (unpaired) electrons. The van der Waals surface area contributed by atoms with Crippen LogP contribution in [0.25, 0.3) is 10.8 Å². The number of ether oxygens (including phenoxy) is 1. The van der Waals surface area contributed by atoms with Gasteiger partial charge in [-0.2, -0.15) is 5.10 Å². The molecule has 0 spiro atoms. The second-order valence-corrected chi connectivity index (χ2v) is 17.5. The van der Waals surface area contributed by atoms with Crippen molar-refractivity contribution in [2.75, 3.05) is 32.8 Å². The SMILES string of the molecule is CC12CCC(F)(F)C[C@@H]1CC[C@@H]1[C@@H]2CC[C@]2(C)[C@@H](OCCCC(=O)N3CCN(C(=O)c4cc(Cc5n[nH]c(=O)c6ccccc56)ccc4F)CC3)CC[C@@H]12. The van der Waals surface area contributed by atoms with Gasteiger partial charge in [-0.15, -0.1) is 0 Å². The summed E-state index contributed by atoms with van der Waals surface area (Å²) in [5.74, 6) is -1.62. The smallest absolute Gasteiger partial charge is 0.272 e. The van der Waals surface area contributed by atoms with Crippen LogP contribution in [0.15, 0.2) is 47.3 Å². The van der Waals surface area contributed by atoms with Crippen molar-refractivity contribution in [2.45, 2.75) is 103 Å². The molecule has 8 rings (SSSR count). The van der Waals surface area contributed by atoms with Gasteiger partial charge < -0.3 is 14.5 Å². The Morgan fingerprint density at radius 3 is 2.43 bits per heavy atom. The summed E-state index contributed by atoms with van der Waals surface area (Å²) < 4.78 is 50.2. The number of hydrogen-bond acceptors (Lipinski definition) is 5. The third-order valence-corrected chi connectivity index (χ3v) is 14.7. The quantitative estimate of drug-likeness (QED) is 0.238. The molecular formula is C43H53F3N4O4. The summed E-state index contributed by atoms with van der Waals surface area (Å²) in [4.78, 5) is 42.3. The number of nitrogens with zero attached hydrogens (tertiary/aromatic N) is 3. The van der Waals surface area contributed by atoms with E-state index in [1.807, 2.05) is 12.1 Å². The molecule has 8 nitrogen and oxygen atoms in total. The molecule has 290 valence electrons. The Morgan fingerprint density at radius 1 is 0.889 bits per heavy atom. The largest absolute Gasteiger partial charge is 0.378 e. The fourth-order valence-corrected chi connectivity index (χ4v) is 11.7. The lowest BCUT2D eigenvalue weighted by Crippen LogP contribution is -2.55. The summed E-state index contributed by atoms with van der Waals surface area (Å²) in [6.45, 7) is 6.67. The number of alkyl halides is 2. The molecule has 1 aromatic heterocycles. The van der Waals surface area contributed by atoms with Crippen LogP contribution in [-0.2, 0) is 16.0 Å². The van der Waals surface area contributed by atoms with Gasteiger partial charge in [-0.05, 0) is 110 Å². The standard InChI is InChI=1S/C43H53F3N4O4/c1-41-17-18-43(45,46)26-28(41)10-11-31-33-12-14-37(42(33,2)16-15-34(31)41)54-23-5-8-38(51)49-19-21-50(22-20-49)40(53)32-24-27(9-13-35(32)44)25-36-29-6-3-4-7-30(29)39(52)48-47-36/h3-4,6-7,9,13,24,28,31,33-34,37H,5,8,10-12,14-23,25-26H2,1-2H3,(H,48,52)/t28-,31-,33-,34-,37-,41?,42-/m0/s1. The number of nitrogens with one attached hydrogen (secondary N) is 1. The lowest BCUT2D eigenvalue weighted by Gasteiger charge is -2.61. The predicted octanol–water partition coefficient (Wildman–Crippen LogP) is 7.78. The van der Waals surface area contributed by atoms with Crippen LogP contribution in [0.4, 0.5) is 13.2 Å². The average molecular weight is 747 g/mol. The lowest BCUT2D eigenvalue weighted by molar-refractivity contribution is -0.169. The van der Waals surface area contributed by atoms with Crippen molar-refractivity contribution in [1.82, 2.24) is 20.0 Å². The van der Waals surface area contributed by atoms with Crippen LogP contribution in [-0.4, -0.2) is 76.6 Å². The molecule has 4 aliphatic carbocycles. The normalized spacial score (nSPS) is 31.8. The van der Waals surface area contributed by atoms with Crippen LogP contribution in [0.5, 0.6) is 0 Å². The van der Waals surface area contributed by atoms with E-state index in [0.29, 0.717) is 98.3 Å². The first-order valence-corrected chi connectivity index (χ1v) is 20.2. The number of halogens is 3.